The average molecular weight is 911 g/mol. The summed E-state index contributed by atoms with van der Waals surface area (Å²) in [6.07, 6.45) is -0.656. The maximum Gasteiger partial charge on any atom is 0.408 e. The third-order valence-electron chi connectivity index (χ3n) is 12.3. The Labute approximate surface area is 381 Å². The van der Waals surface area contributed by atoms with Crippen molar-refractivity contribution in [3.05, 3.63) is 127 Å². The van der Waals surface area contributed by atoms with Crippen LogP contribution in [0.1, 0.15) is 80.8 Å². The Morgan fingerprint density at radius 1 is 0.701 bits per heavy atom. The van der Waals surface area contributed by atoms with Gasteiger partial charge < -0.3 is 43.9 Å². The fourth-order valence-electron chi connectivity index (χ4n) is 9.09. The van der Waals surface area contributed by atoms with Gasteiger partial charge in [-0.25, -0.2) is 24.4 Å². The van der Waals surface area contributed by atoms with Crippen LogP contribution in [0.2, 0.25) is 0 Å². The molecule has 2 aromatic carbocycles. The molecule has 0 saturated carbocycles. The molecule has 3 N–H and O–H groups in total. The van der Waals surface area contributed by atoms with Gasteiger partial charge in [0.2, 0.25) is 11.2 Å². The standard InChI is InChI=1S/C27H27N3O7.C22H19N3O5/c1-5-27(36-21(31)12-28-25(34)37-26(2,3)4)18-11-20-22-16(10-15-8-6-7-9-19(15)29-22)13-30(20)23(32)17(18)14-35-24(27)33;1-2-22(30-18(26)9-23)15-8-17-19-13(7-12-5-3-4-6-16(12)24-19)10-25(17)20(27)14(15)11-29-21(22)28/h6-11H,5,12-14H2,1-4H3,(H,28,34);3-8H,2,9-11,23H2,1H3/t27-;22-/m00/s1. The number of cyclic esters (lactones) is 2. The molecule has 344 valence electrons. The first kappa shape index (κ1) is 44.5. The molecule has 4 aromatic heterocycles. The largest absolute Gasteiger partial charge is 0.457 e. The summed E-state index contributed by atoms with van der Waals surface area (Å²) in [5, 5.41) is 4.27. The first-order valence-electron chi connectivity index (χ1n) is 21.8. The molecule has 8 heterocycles. The van der Waals surface area contributed by atoms with E-state index in [4.69, 9.17) is 39.4 Å². The molecule has 2 atom stereocenters. The molecule has 6 aromatic rings. The summed E-state index contributed by atoms with van der Waals surface area (Å²) in [7, 11) is 0. The van der Waals surface area contributed by atoms with Gasteiger partial charge in [-0.2, -0.15) is 0 Å². The number of pyridine rings is 4. The molecule has 0 aliphatic carbocycles. The van der Waals surface area contributed by atoms with E-state index in [2.05, 4.69) is 5.32 Å². The minimum absolute atomic E-state index is 0.0257. The van der Waals surface area contributed by atoms with Crippen molar-refractivity contribution in [1.29, 1.82) is 0 Å². The molecule has 4 aliphatic rings. The minimum atomic E-state index is -1.84. The van der Waals surface area contributed by atoms with Gasteiger partial charge in [0, 0.05) is 33.0 Å². The number of carbonyl (C=O) groups excluding carboxylic acids is 5. The molecule has 0 bridgehead atoms. The number of nitrogens with one attached hydrogen (secondary N) is 1. The Balaban J connectivity index is 0.000000171. The summed E-state index contributed by atoms with van der Waals surface area (Å²) in [5.41, 5.74) is 7.53. The molecule has 10 rings (SSSR count). The van der Waals surface area contributed by atoms with Crippen molar-refractivity contribution in [3.8, 4) is 22.8 Å². The highest BCUT2D eigenvalue weighted by atomic mass is 16.6. The number of benzene rings is 2. The van der Waals surface area contributed by atoms with Crippen LogP contribution in [0.4, 0.5) is 4.79 Å². The lowest BCUT2D eigenvalue weighted by Gasteiger charge is -2.35. The minimum Gasteiger partial charge on any atom is -0.457 e. The van der Waals surface area contributed by atoms with Crippen molar-refractivity contribution in [1.82, 2.24) is 24.4 Å². The molecular formula is C49H46N6O12. The fourth-order valence-corrected chi connectivity index (χ4v) is 9.09. The molecule has 0 unspecified atom stereocenters. The number of alkyl carbamates (subject to hydrolysis) is 1. The van der Waals surface area contributed by atoms with Crippen molar-refractivity contribution in [3.63, 3.8) is 0 Å². The average Bonchev–Trinajstić information content (AvgIpc) is 3.86. The number of rotatable bonds is 7. The number of esters is 4. The Kier molecular flexibility index (Phi) is 11.0. The van der Waals surface area contributed by atoms with Crippen LogP contribution in [-0.4, -0.2) is 67.8 Å². The normalized spacial score (nSPS) is 18.4. The van der Waals surface area contributed by atoms with Gasteiger partial charge in [0.1, 0.15) is 25.4 Å². The van der Waals surface area contributed by atoms with E-state index in [1.807, 2.05) is 60.7 Å². The van der Waals surface area contributed by atoms with Crippen LogP contribution in [0, 0.1) is 0 Å². The summed E-state index contributed by atoms with van der Waals surface area (Å²) in [5.74, 6) is -3.09. The monoisotopic (exact) mass is 910 g/mol. The molecule has 18 heteroatoms. The number of ether oxygens (including phenoxy) is 5. The predicted molar refractivity (Wildman–Crippen MR) is 240 cm³/mol. The highest BCUT2D eigenvalue weighted by Gasteiger charge is 2.52. The molecule has 18 nitrogen and oxygen atoms in total. The second kappa shape index (κ2) is 16.6. The summed E-state index contributed by atoms with van der Waals surface area (Å²) >= 11 is 0. The lowest BCUT2D eigenvalue weighted by atomic mass is 9.85. The summed E-state index contributed by atoms with van der Waals surface area (Å²) in [6, 6.07) is 22.8. The van der Waals surface area contributed by atoms with E-state index < -0.39 is 53.3 Å². The first-order chi connectivity index (χ1) is 32.0. The number of carbonyl (C=O) groups is 5. The van der Waals surface area contributed by atoms with Crippen molar-refractivity contribution in [2.75, 3.05) is 13.1 Å². The zero-order valence-electron chi connectivity index (χ0n) is 37.4. The van der Waals surface area contributed by atoms with Gasteiger partial charge in [-0.05, 0) is 70.0 Å². The van der Waals surface area contributed by atoms with Crippen molar-refractivity contribution in [2.45, 2.75) is 90.6 Å². The number of nitrogens with zero attached hydrogens (tertiary/aromatic N) is 4. The highest BCUT2D eigenvalue weighted by Crippen LogP contribution is 2.43. The zero-order chi connectivity index (χ0) is 47.6. The van der Waals surface area contributed by atoms with Gasteiger partial charge in [-0.3, -0.25) is 19.2 Å². The zero-order valence-corrected chi connectivity index (χ0v) is 37.4. The number of para-hydroxylation sites is 2. The number of hydrogen-bond donors (Lipinski definition) is 2. The first-order valence-corrected chi connectivity index (χ1v) is 21.8. The van der Waals surface area contributed by atoms with Crippen molar-refractivity contribution < 1.29 is 47.7 Å². The van der Waals surface area contributed by atoms with Gasteiger partial charge in [-0.1, -0.05) is 50.2 Å². The van der Waals surface area contributed by atoms with E-state index in [0.717, 1.165) is 32.9 Å². The number of fused-ring (bicyclic) bond motifs is 10. The van der Waals surface area contributed by atoms with E-state index in [-0.39, 0.29) is 54.8 Å². The molecule has 0 fully saturated rings. The molecule has 0 radical (unpaired) electrons. The smallest absolute Gasteiger partial charge is 0.408 e. The van der Waals surface area contributed by atoms with Crippen molar-refractivity contribution in [2.24, 2.45) is 5.73 Å². The lowest BCUT2D eigenvalue weighted by Crippen LogP contribution is -2.49. The molecule has 67 heavy (non-hydrogen) atoms. The van der Waals surface area contributed by atoms with E-state index in [9.17, 15) is 33.6 Å². The third kappa shape index (κ3) is 7.56. The van der Waals surface area contributed by atoms with Crippen LogP contribution in [0.3, 0.4) is 0 Å². The molecular weight excluding hydrogens is 865 g/mol. The topological polar surface area (TPSA) is 239 Å². The quantitative estimate of drug-likeness (QED) is 0.162. The molecule has 1 amide bonds. The fraction of sp³-hybridized carbons (Fsp3) is 0.327. The summed E-state index contributed by atoms with van der Waals surface area (Å²) in [4.78, 5) is 98.9. The third-order valence-corrected chi connectivity index (χ3v) is 12.3. The maximum absolute atomic E-state index is 13.5. The second-order valence-corrected chi connectivity index (χ2v) is 17.5. The molecule has 0 saturated heterocycles. The van der Waals surface area contributed by atoms with Gasteiger partial charge in [0.05, 0.1) is 64.6 Å². The number of aromatic nitrogens is 4. The highest BCUT2D eigenvalue weighted by molar-refractivity contribution is 5.90. The van der Waals surface area contributed by atoms with Gasteiger partial charge in [0.25, 0.3) is 11.1 Å². The summed E-state index contributed by atoms with van der Waals surface area (Å²) < 4.78 is 30.1. The Morgan fingerprint density at radius 3 is 1.58 bits per heavy atom. The van der Waals surface area contributed by atoms with E-state index in [1.165, 1.54) is 0 Å². The van der Waals surface area contributed by atoms with E-state index in [0.29, 0.717) is 47.0 Å². The van der Waals surface area contributed by atoms with Gasteiger partial charge in [0.15, 0.2) is 0 Å². The van der Waals surface area contributed by atoms with Crippen molar-refractivity contribution >= 4 is 51.8 Å². The lowest BCUT2D eigenvalue weighted by molar-refractivity contribution is -0.188. The number of nitrogens with two attached hydrogens (primary N) is 1. The Hall–Kier alpha value is -7.73. The molecule has 4 aliphatic heterocycles. The van der Waals surface area contributed by atoms with Crippen LogP contribution >= 0.6 is 0 Å². The van der Waals surface area contributed by atoms with Crippen LogP contribution in [0.15, 0.2) is 82.4 Å². The SMILES string of the molecule is CC[C@@]1(OC(=O)CN)C(=O)OCc2c1cc1n(c2=O)Cc2cc3ccccc3nc2-1.CC[C@@]1(OC(=O)CNC(=O)OC(C)(C)C)C(=O)OCc2c1cc1n(c2=O)Cc2cc3ccccc3nc2-1. The second-order valence-electron chi connectivity index (χ2n) is 17.5. The van der Waals surface area contributed by atoms with Gasteiger partial charge in [-0.15, -0.1) is 0 Å². The van der Waals surface area contributed by atoms with E-state index in [1.54, 1.807) is 55.9 Å². The van der Waals surface area contributed by atoms with Crippen LogP contribution in [-0.2, 0) is 80.4 Å². The maximum atomic E-state index is 13.5. The Morgan fingerprint density at radius 2 is 1.15 bits per heavy atom. The van der Waals surface area contributed by atoms with E-state index >= 15 is 0 Å². The van der Waals surface area contributed by atoms with Crippen LogP contribution in [0.5, 0.6) is 0 Å². The number of amides is 1. The van der Waals surface area contributed by atoms with Crippen LogP contribution < -0.4 is 22.2 Å². The summed E-state index contributed by atoms with van der Waals surface area (Å²) in [6.45, 7) is 7.85. The number of hydrogen-bond acceptors (Lipinski definition) is 15. The molecule has 0 spiro atoms. The predicted octanol–water partition coefficient (Wildman–Crippen LogP) is 4.74. The Bertz CT molecular complexity index is 3240. The van der Waals surface area contributed by atoms with Gasteiger partial charge >= 0.3 is 30.0 Å². The van der Waals surface area contributed by atoms with Crippen LogP contribution in [0.25, 0.3) is 44.6 Å².